The van der Waals surface area contributed by atoms with Crippen LogP contribution in [0.3, 0.4) is 0 Å². The van der Waals surface area contributed by atoms with Crippen LogP contribution in [0, 0.1) is 0 Å². The minimum atomic E-state index is -0.104. The molecule has 3 heterocycles. The third-order valence-electron chi connectivity index (χ3n) is 3.13. The Bertz CT molecular complexity index is 639. The number of hydrogen-bond donors (Lipinski definition) is 2. The molecule has 7 heteroatoms. The molecule has 1 aliphatic heterocycles. The highest BCUT2D eigenvalue weighted by Gasteiger charge is 2.18. The zero-order valence-electron chi connectivity index (χ0n) is 11.2. The van der Waals surface area contributed by atoms with Crippen LogP contribution in [0.1, 0.15) is 12.7 Å². The molecule has 0 aromatic carbocycles. The standard InChI is InChI=1S/C13H17N3O3S/c1-8-4-14-5-9(19-8)6-18-7-11-15-10-2-3-20-12(10)13(17)16-11/h2-3,8-9,14H,4-7H2,1H3,(H,15,16,17). The number of aromatic amines is 1. The van der Waals surface area contributed by atoms with Gasteiger partial charge >= 0.3 is 0 Å². The third-order valence-corrected chi connectivity index (χ3v) is 4.04. The van der Waals surface area contributed by atoms with E-state index in [4.69, 9.17) is 9.47 Å². The number of morpholine rings is 1. The monoisotopic (exact) mass is 295 g/mol. The van der Waals surface area contributed by atoms with Crippen molar-refractivity contribution in [3.05, 3.63) is 27.6 Å². The van der Waals surface area contributed by atoms with Crippen molar-refractivity contribution in [3.63, 3.8) is 0 Å². The topological polar surface area (TPSA) is 76.2 Å². The van der Waals surface area contributed by atoms with E-state index in [0.29, 0.717) is 17.1 Å². The van der Waals surface area contributed by atoms with Crippen LogP contribution in [0.4, 0.5) is 0 Å². The molecule has 2 N–H and O–H groups in total. The van der Waals surface area contributed by atoms with Crippen molar-refractivity contribution >= 4 is 21.6 Å². The molecule has 2 atom stereocenters. The minimum absolute atomic E-state index is 0.0513. The Balaban J connectivity index is 1.58. The quantitative estimate of drug-likeness (QED) is 0.875. The van der Waals surface area contributed by atoms with Gasteiger partial charge in [0, 0.05) is 13.1 Å². The highest BCUT2D eigenvalue weighted by atomic mass is 32.1. The first-order chi connectivity index (χ1) is 9.72. The summed E-state index contributed by atoms with van der Waals surface area (Å²) in [4.78, 5) is 18.9. The summed E-state index contributed by atoms with van der Waals surface area (Å²) in [5.41, 5.74) is 0.620. The molecule has 6 nitrogen and oxygen atoms in total. The van der Waals surface area contributed by atoms with E-state index >= 15 is 0 Å². The van der Waals surface area contributed by atoms with E-state index in [0.717, 1.165) is 18.6 Å². The summed E-state index contributed by atoms with van der Waals surface area (Å²) in [6, 6.07) is 1.84. The van der Waals surface area contributed by atoms with Gasteiger partial charge in [-0.15, -0.1) is 11.3 Å². The van der Waals surface area contributed by atoms with Crippen LogP contribution in [0.5, 0.6) is 0 Å². The second-order valence-electron chi connectivity index (χ2n) is 4.89. The predicted molar refractivity (Wildman–Crippen MR) is 77.1 cm³/mol. The number of nitrogens with one attached hydrogen (secondary N) is 2. The largest absolute Gasteiger partial charge is 0.371 e. The highest BCUT2D eigenvalue weighted by molar-refractivity contribution is 7.17. The first-order valence-corrected chi connectivity index (χ1v) is 7.50. The van der Waals surface area contributed by atoms with Crippen LogP contribution in [0.25, 0.3) is 10.2 Å². The Hall–Kier alpha value is -1.28. The number of rotatable bonds is 4. The molecule has 1 saturated heterocycles. The summed E-state index contributed by atoms with van der Waals surface area (Å²) >= 11 is 1.39. The van der Waals surface area contributed by atoms with E-state index < -0.39 is 0 Å². The molecule has 1 fully saturated rings. The lowest BCUT2D eigenvalue weighted by Crippen LogP contribution is -2.45. The van der Waals surface area contributed by atoms with Crippen molar-refractivity contribution in [3.8, 4) is 0 Å². The van der Waals surface area contributed by atoms with Crippen LogP contribution in [0.15, 0.2) is 16.2 Å². The van der Waals surface area contributed by atoms with Crippen molar-refractivity contribution in [2.75, 3.05) is 19.7 Å². The molecular weight excluding hydrogens is 278 g/mol. The Morgan fingerprint density at radius 3 is 3.30 bits per heavy atom. The maximum atomic E-state index is 11.8. The molecule has 3 rings (SSSR count). The average molecular weight is 295 g/mol. The van der Waals surface area contributed by atoms with Crippen LogP contribution < -0.4 is 10.9 Å². The van der Waals surface area contributed by atoms with Gasteiger partial charge in [0.2, 0.25) is 0 Å². The number of aromatic nitrogens is 2. The van der Waals surface area contributed by atoms with E-state index in [1.54, 1.807) is 0 Å². The molecule has 0 radical (unpaired) electrons. The number of thiophene rings is 1. The Morgan fingerprint density at radius 1 is 1.55 bits per heavy atom. The van der Waals surface area contributed by atoms with Crippen LogP contribution in [-0.2, 0) is 16.1 Å². The summed E-state index contributed by atoms with van der Waals surface area (Å²) in [5.74, 6) is 0.553. The summed E-state index contributed by atoms with van der Waals surface area (Å²) in [6.45, 7) is 4.47. The van der Waals surface area contributed by atoms with Crippen molar-refractivity contribution in [1.29, 1.82) is 0 Å². The predicted octanol–water partition coefficient (Wildman–Crippen LogP) is 0.878. The summed E-state index contributed by atoms with van der Waals surface area (Å²) in [5, 5.41) is 5.15. The zero-order valence-corrected chi connectivity index (χ0v) is 12.0. The van der Waals surface area contributed by atoms with Gasteiger partial charge in [-0.3, -0.25) is 4.79 Å². The molecule has 0 aliphatic carbocycles. The molecule has 0 bridgehead atoms. The lowest BCUT2D eigenvalue weighted by Gasteiger charge is -2.28. The minimum Gasteiger partial charge on any atom is -0.371 e. The average Bonchev–Trinajstić information content (AvgIpc) is 2.88. The van der Waals surface area contributed by atoms with Gasteiger partial charge in [-0.1, -0.05) is 0 Å². The van der Waals surface area contributed by atoms with E-state index in [2.05, 4.69) is 15.3 Å². The normalized spacial score (nSPS) is 23.2. The molecular formula is C13H17N3O3S. The Kier molecular flexibility index (Phi) is 4.11. The highest BCUT2D eigenvalue weighted by Crippen LogP contribution is 2.14. The number of H-pyrrole nitrogens is 1. The number of nitrogens with zero attached hydrogens (tertiary/aromatic N) is 1. The van der Waals surface area contributed by atoms with Crippen molar-refractivity contribution in [1.82, 2.24) is 15.3 Å². The van der Waals surface area contributed by atoms with Crippen LogP contribution in [0.2, 0.25) is 0 Å². The lowest BCUT2D eigenvalue weighted by atomic mass is 10.2. The van der Waals surface area contributed by atoms with Gasteiger partial charge in [0.1, 0.15) is 17.1 Å². The molecule has 2 aromatic heterocycles. The second kappa shape index (κ2) is 6.01. The third kappa shape index (κ3) is 3.06. The first kappa shape index (κ1) is 13.7. The molecule has 20 heavy (non-hydrogen) atoms. The van der Waals surface area contributed by atoms with Gasteiger partial charge in [0.15, 0.2) is 0 Å². The van der Waals surface area contributed by atoms with E-state index in [1.807, 2.05) is 18.4 Å². The number of ether oxygens (including phenoxy) is 2. The first-order valence-electron chi connectivity index (χ1n) is 6.62. The molecule has 0 amide bonds. The van der Waals surface area contributed by atoms with Crippen LogP contribution in [-0.4, -0.2) is 41.9 Å². The van der Waals surface area contributed by atoms with Gasteiger partial charge in [0.25, 0.3) is 5.56 Å². The van der Waals surface area contributed by atoms with Gasteiger partial charge < -0.3 is 19.8 Å². The van der Waals surface area contributed by atoms with Crippen molar-refractivity contribution in [2.24, 2.45) is 0 Å². The van der Waals surface area contributed by atoms with Crippen LogP contribution >= 0.6 is 11.3 Å². The molecule has 0 saturated carbocycles. The van der Waals surface area contributed by atoms with Gasteiger partial charge in [-0.05, 0) is 18.4 Å². The van der Waals surface area contributed by atoms with E-state index in [1.165, 1.54) is 11.3 Å². The summed E-state index contributed by atoms with van der Waals surface area (Å²) in [7, 11) is 0. The molecule has 2 aromatic rings. The number of hydrogen-bond acceptors (Lipinski definition) is 6. The Labute approximate surface area is 120 Å². The molecule has 2 unspecified atom stereocenters. The smallest absolute Gasteiger partial charge is 0.268 e. The van der Waals surface area contributed by atoms with E-state index in [-0.39, 0.29) is 24.4 Å². The van der Waals surface area contributed by atoms with Crippen molar-refractivity contribution in [2.45, 2.75) is 25.7 Å². The van der Waals surface area contributed by atoms with Gasteiger partial charge in [0.05, 0.1) is 24.3 Å². The van der Waals surface area contributed by atoms with Gasteiger partial charge in [-0.2, -0.15) is 0 Å². The van der Waals surface area contributed by atoms with Crippen molar-refractivity contribution < 1.29 is 9.47 Å². The fourth-order valence-electron chi connectivity index (χ4n) is 2.25. The lowest BCUT2D eigenvalue weighted by molar-refractivity contribution is -0.0723. The second-order valence-corrected chi connectivity index (χ2v) is 5.81. The molecule has 108 valence electrons. The Morgan fingerprint density at radius 2 is 2.45 bits per heavy atom. The maximum absolute atomic E-state index is 11.8. The summed E-state index contributed by atoms with van der Waals surface area (Å²) < 4.78 is 12.0. The SMILES string of the molecule is CC1CNCC(COCc2nc3ccsc3c(=O)[nH]2)O1. The number of fused-ring (bicyclic) bond motifs is 1. The van der Waals surface area contributed by atoms with Gasteiger partial charge in [-0.25, -0.2) is 4.98 Å². The fraction of sp³-hybridized carbons (Fsp3) is 0.538. The zero-order chi connectivity index (χ0) is 13.9. The van der Waals surface area contributed by atoms with E-state index in [9.17, 15) is 4.79 Å². The molecule has 0 spiro atoms. The molecule has 1 aliphatic rings. The summed E-state index contributed by atoms with van der Waals surface area (Å²) in [6.07, 6.45) is 0.257. The fourth-order valence-corrected chi connectivity index (χ4v) is 2.97. The maximum Gasteiger partial charge on any atom is 0.268 e.